The zero-order chi connectivity index (χ0) is 24.5. The maximum Gasteiger partial charge on any atom is 0.356 e. The Hall–Kier alpha value is -4.14. The number of aromatic carboxylic acids is 1. The summed E-state index contributed by atoms with van der Waals surface area (Å²) in [5.41, 5.74) is 2.64. The zero-order valence-electron chi connectivity index (χ0n) is 19.4. The number of carboxylic acid groups (broad SMARTS) is 1. The molecule has 0 unspecified atom stereocenters. The normalized spacial score (nSPS) is 16.1. The van der Waals surface area contributed by atoms with Crippen molar-refractivity contribution in [1.29, 1.82) is 0 Å². The largest absolute Gasteiger partial charge is 0.497 e. The van der Waals surface area contributed by atoms with E-state index in [4.69, 9.17) is 4.74 Å². The lowest BCUT2D eigenvalue weighted by atomic mass is 10.0. The molecule has 1 N–H and O–H groups in total. The van der Waals surface area contributed by atoms with Crippen LogP contribution in [-0.4, -0.2) is 52.9 Å². The van der Waals surface area contributed by atoms with Gasteiger partial charge in [-0.25, -0.2) is 9.48 Å². The summed E-state index contributed by atoms with van der Waals surface area (Å²) in [6, 6.07) is 14.3. The Morgan fingerprint density at radius 1 is 0.857 bits per heavy atom. The maximum atomic E-state index is 13.6. The number of nitrogens with zero attached hydrogens (tertiary/aromatic N) is 4. The molecule has 1 saturated heterocycles. The molecule has 0 bridgehead atoms. The highest BCUT2D eigenvalue weighted by molar-refractivity contribution is 6.09. The zero-order valence-corrected chi connectivity index (χ0v) is 19.4. The van der Waals surface area contributed by atoms with Crippen molar-refractivity contribution in [1.82, 2.24) is 9.78 Å². The van der Waals surface area contributed by atoms with Crippen LogP contribution in [0.2, 0.25) is 0 Å². The molecule has 0 atom stereocenters. The maximum absolute atomic E-state index is 13.6. The van der Waals surface area contributed by atoms with Crippen LogP contribution in [0.1, 0.15) is 52.2 Å². The highest BCUT2D eigenvalue weighted by atomic mass is 16.5. The minimum atomic E-state index is -1.17. The molecule has 35 heavy (non-hydrogen) atoms. The third-order valence-electron chi connectivity index (χ3n) is 6.58. The van der Waals surface area contributed by atoms with Gasteiger partial charge in [0.15, 0.2) is 5.69 Å². The molecule has 2 aromatic carbocycles. The van der Waals surface area contributed by atoms with E-state index in [1.165, 1.54) is 4.68 Å². The van der Waals surface area contributed by atoms with Crippen molar-refractivity contribution < 1.29 is 24.2 Å². The molecule has 1 aromatic heterocycles. The Morgan fingerprint density at radius 3 is 2.17 bits per heavy atom. The summed E-state index contributed by atoms with van der Waals surface area (Å²) in [6.45, 7) is 1.03. The quantitative estimate of drug-likeness (QED) is 0.605. The highest BCUT2D eigenvalue weighted by Gasteiger charge is 2.35. The topological polar surface area (TPSA) is 105 Å². The summed E-state index contributed by atoms with van der Waals surface area (Å²) in [7, 11) is 1.56. The van der Waals surface area contributed by atoms with Gasteiger partial charge in [-0.15, -0.1) is 0 Å². The van der Waals surface area contributed by atoms with Gasteiger partial charge in [0.1, 0.15) is 11.4 Å². The fourth-order valence-electron chi connectivity index (χ4n) is 4.76. The first-order valence-corrected chi connectivity index (χ1v) is 11.7. The number of hydrogen-bond acceptors (Lipinski definition) is 5. The smallest absolute Gasteiger partial charge is 0.356 e. The molecule has 0 saturated carbocycles. The first-order valence-electron chi connectivity index (χ1n) is 11.7. The van der Waals surface area contributed by atoms with Crippen LogP contribution in [-0.2, 0) is 11.2 Å². The van der Waals surface area contributed by atoms with Crippen molar-refractivity contribution in [3.05, 3.63) is 65.5 Å². The van der Waals surface area contributed by atoms with Gasteiger partial charge < -0.3 is 19.6 Å². The fourth-order valence-corrected chi connectivity index (χ4v) is 4.76. The van der Waals surface area contributed by atoms with Gasteiger partial charge in [-0.3, -0.25) is 9.59 Å². The molecular weight excluding hydrogens is 448 g/mol. The van der Waals surface area contributed by atoms with Crippen molar-refractivity contribution in [2.45, 2.75) is 32.1 Å². The Labute approximate surface area is 202 Å². The number of ether oxygens (including phenoxy) is 1. The van der Waals surface area contributed by atoms with E-state index < -0.39 is 5.97 Å². The molecule has 3 heterocycles. The first kappa shape index (κ1) is 22.6. The second-order valence-corrected chi connectivity index (χ2v) is 8.67. The number of fused-ring (bicyclic) bond motifs is 1. The van der Waals surface area contributed by atoms with E-state index in [9.17, 15) is 19.5 Å². The summed E-state index contributed by atoms with van der Waals surface area (Å²) in [5, 5.41) is 14.0. The number of amides is 2. The Balaban J connectivity index is 1.48. The molecule has 9 heteroatoms. The van der Waals surface area contributed by atoms with Gasteiger partial charge in [-0.1, -0.05) is 6.42 Å². The summed E-state index contributed by atoms with van der Waals surface area (Å²) in [6.07, 6.45) is 3.85. The van der Waals surface area contributed by atoms with Crippen molar-refractivity contribution >= 4 is 29.2 Å². The second-order valence-electron chi connectivity index (χ2n) is 8.67. The number of carboxylic acids is 1. The number of anilines is 2. The number of aromatic nitrogens is 2. The van der Waals surface area contributed by atoms with E-state index in [-0.39, 0.29) is 23.2 Å². The number of methoxy groups -OCH3 is 1. The number of hydrogen-bond donors (Lipinski definition) is 1. The van der Waals surface area contributed by atoms with E-state index in [0.29, 0.717) is 48.6 Å². The van der Waals surface area contributed by atoms with Crippen molar-refractivity contribution in [2.24, 2.45) is 0 Å². The van der Waals surface area contributed by atoms with E-state index in [1.54, 1.807) is 36.3 Å². The van der Waals surface area contributed by atoms with Gasteiger partial charge in [0.2, 0.25) is 5.91 Å². The first-order chi connectivity index (χ1) is 17.0. The van der Waals surface area contributed by atoms with Crippen molar-refractivity contribution in [3.63, 3.8) is 0 Å². The molecule has 2 aliphatic heterocycles. The molecule has 0 radical (unpaired) electrons. The minimum Gasteiger partial charge on any atom is -0.497 e. The lowest BCUT2D eigenvalue weighted by Gasteiger charge is -2.28. The molecule has 2 amide bonds. The Kier molecular flexibility index (Phi) is 5.98. The van der Waals surface area contributed by atoms with Crippen LogP contribution in [0, 0.1) is 0 Å². The summed E-state index contributed by atoms with van der Waals surface area (Å²) < 4.78 is 6.60. The van der Waals surface area contributed by atoms with Crippen LogP contribution in [0.25, 0.3) is 5.69 Å². The van der Waals surface area contributed by atoms with E-state index in [1.807, 2.05) is 29.2 Å². The fraction of sp³-hybridized carbons (Fsp3) is 0.308. The van der Waals surface area contributed by atoms with Crippen LogP contribution in [0.3, 0.4) is 0 Å². The number of benzene rings is 2. The minimum absolute atomic E-state index is 0.112. The van der Waals surface area contributed by atoms with Crippen LogP contribution >= 0.6 is 0 Å². The average molecular weight is 475 g/mol. The van der Waals surface area contributed by atoms with Gasteiger partial charge in [-0.2, -0.15) is 5.10 Å². The SMILES string of the molecule is COc1ccc(-n2nc(C(=O)O)c3c2C(=O)N(c2ccc(N4CCCCCC4=O)cc2)CC3)cc1. The lowest BCUT2D eigenvalue weighted by molar-refractivity contribution is -0.118. The third kappa shape index (κ3) is 4.14. The van der Waals surface area contributed by atoms with E-state index in [2.05, 4.69) is 5.10 Å². The molecule has 2 aliphatic rings. The summed E-state index contributed by atoms with van der Waals surface area (Å²) in [5.74, 6) is -0.718. The summed E-state index contributed by atoms with van der Waals surface area (Å²) in [4.78, 5) is 41.4. The second kappa shape index (κ2) is 9.25. The molecule has 0 spiro atoms. The highest BCUT2D eigenvalue weighted by Crippen LogP contribution is 2.31. The molecule has 9 nitrogen and oxygen atoms in total. The Morgan fingerprint density at radius 2 is 1.51 bits per heavy atom. The van der Waals surface area contributed by atoms with Crippen molar-refractivity contribution in [2.75, 3.05) is 30.0 Å². The standard InChI is InChI=1S/C26H26N4O5/c1-35-20-12-10-19(11-13-20)30-24-21(23(27-30)26(33)34)14-16-29(25(24)32)18-8-6-17(7-9-18)28-15-4-2-3-5-22(28)31/h6-13H,2-5,14-16H2,1H3,(H,33,34). The molecule has 1 fully saturated rings. The van der Waals surface area contributed by atoms with Crippen LogP contribution < -0.4 is 14.5 Å². The molecule has 180 valence electrons. The van der Waals surface area contributed by atoms with Crippen LogP contribution in [0.15, 0.2) is 48.5 Å². The number of carbonyl (C=O) groups excluding carboxylic acids is 2. The van der Waals surface area contributed by atoms with Crippen LogP contribution in [0.5, 0.6) is 5.75 Å². The van der Waals surface area contributed by atoms with E-state index in [0.717, 1.165) is 24.9 Å². The van der Waals surface area contributed by atoms with Crippen LogP contribution in [0.4, 0.5) is 11.4 Å². The van der Waals surface area contributed by atoms with Gasteiger partial charge in [0.05, 0.1) is 12.8 Å². The number of rotatable bonds is 5. The predicted molar refractivity (Wildman–Crippen MR) is 130 cm³/mol. The van der Waals surface area contributed by atoms with E-state index >= 15 is 0 Å². The molecule has 3 aromatic rings. The predicted octanol–water partition coefficient (Wildman–Crippen LogP) is 3.69. The average Bonchev–Trinajstić information content (AvgIpc) is 3.15. The number of carbonyl (C=O) groups is 3. The van der Waals surface area contributed by atoms with Gasteiger partial charge in [0, 0.05) is 36.4 Å². The third-order valence-corrected chi connectivity index (χ3v) is 6.58. The molecular formula is C26H26N4O5. The summed E-state index contributed by atoms with van der Waals surface area (Å²) >= 11 is 0. The van der Waals surface area contributed by atoms with Gasteiger partial charge in [-0.05, 0) is 67.8 Å². The van der Waals surface area contributed by atoms with Crippen molar-refractivity contribution in [3.8, 4) is 11.4 Å². The monoisotopic (exact) mass is 474 g/mol. The van der Waals surface area contributed by atoms with Gasteiger partial charge >= 0.3 is 5.97 Å². The Bertz CT molecular complexity index is 1280. The lowest BCUT2D eigenvalue weighted by Crippen LogP contribution is -2.39. The van der Waals surface area contributed by atoms with Gasteiger partial charge in [0.25, 0.3) is 5.91 Å². The molecule has 5 rings (SSSR count). The molecule has 0 aliphatic carbocycles.